The van der Waals surface area contributed by atoms with Crippen molar-refractivity contribution in [1.29, 1.82) is 0 Å². The van der Waals surface area contributed by atoms with Crippen LogP contribution >= 0.6 is 0 Å². The predicted molar refractivity (Wildman–Crippen MR) is 63.0 cm³/mol. The lowest BCUT2D eigenvalue weighted by molar-refractivity contribution is -0.119. The average molecular weight is 246 g/mol. The molecule has 5 heteroatoms. The molecule has 1 rings (SSSR count). The fourth-order valence-electron chi connectivity index (χ4n) is 1.71. The molecule has 17 heavy (non-hydrogen) atoms. The third-order valence-corrected chi connectivity index (χ3v) is 2.66. The highest BCUT2D eigenvalue weighted by Gasteiger charge is 2.30. The summed E-state index contributed by atoms with van der Waals surface area (Å²) in [7, 11) is 0. The van der Waals surface area contributed by atoms with Crippen LogP contribution in [0.4, 0.5) is 18.9 Å². The van der Waals surface area contributed by atoms with Crippen LogP contribution in [0.25, 0.3) is 0 Å². The Morgan fingerprint density at radius 2 is 1.94 bits per heavy atom. The van der Waals surface area contributed by atoms with Crippen LogP contribution in [0.2, 0.25) is 0 Å². The van der Waals surface area contributed by atoms with E-state index in [-0.39, 0.29) is 0 Å². The maximum atomic E-state index is 12.4. The molecular weight excluding hydrogens is 229 g/mol. The Morgan fingerprint density at radius 1 is 1.29 bits per heavy atom. The Balaban J connectivity index is 2.93. The van der Waals surface area contributed by atoms with Crippen molar-refractivity contribution in [2.75, 3.05) is 18.0 Å². The number of nitrogens with zero attached hydrogens (tertiary/aromatic N) is 1. The van der Waals surface area contributed by atoms with Gasteiger partial charge in [-0.05, 0) is 37.1 Å². The second-order valence-electron chi connectivity index (χ2n) is 3.94. The predicted octanol–water partition coefficient (Wildman–Crippen LogP) is 2.84. The molecule has 0 bridgehead atoms. The van der Waals surface area contributed by atoms with Crippen LogP contribution in [0.1, 0.15) is 18.1 Å². The summed E-state index contributed by atoms with van der Waals surface area (Å²) < 4.78 is 37.1. The van der Waals surface area contributed by atoms with Gasteiger partial charge in [0.2, 0.25) is 0 Å². The number of aryl methyl sites for hydroxylation is 1. The van der Waals surface area contributed by atoms with E-state index in [0.717, 1.165) is 11.1 Å². The van der Waals surface area contributed by atoms with E-state index in [2.05, 4.69) is 0 Å². The molecule has 2 nitrogen and oxygen atoms in total. The van der Waals surface area contributed by atoms with Gasteiger partial charge >= 0.3 is 6.18 Å². The zero-order valence-corrected chi connectivity index (χ0v) is 10.0. The van der Waals surface area contributed by atoms with Crippen LogP contribution in [0.5, 0.6) is 0 Å². The maximum absolute atomic E-state index is 12.4. The van der Waals surface area contributed by atoms with Crippen molar-refractivity contribution in [3.05, 3.63) is 29.3 Å². The molecule has 0 aromatic heterocycles. The van der Waals surface area contributed by atoms with Crippen LogP contribution < -0.4 is 10.6 Å². The number of anilines is 1. The van der Waals surface area contributed by atoms with Crippen molar-refractivity contribution in [3.8, 4) is 0 Å². The molecule has 0 unspecified atom stereocenters. The van der Waals surface area contributed by atoms with E-state index < -0.39 is 12.7 Å². The summed E-state index contributed by atoms with van der Waals surface area (Å²) in [6.45, 7) is 3.36. The molecule has 0 aliphatic rings. The lowest BCUT2D eigenvalue weighted by Crippen LogP contribution is -2.34. The second-order valence-corrected chi connectivity index (χ2v) is 3.94. The van der Waals surface area contributed by atoms with Crippen molar-refractivity contribution in [3.63, 3.8) is 0 Å². The molecule has 0 fully saturated rings. The minimum absolute atomic E-state index is 0.320. The molecule has 96 valence electrons. The van der Waals surface area contributed by atoms with Crippen LogP contribution in [-0.4, -0.2) is 19.3 Å². The van der Waals surface area contributed by atoms with E-state index in [1.54, 1.807) is 25.1 Å². The molecule has 0 heterocycles. The van der Waals surface area contributed by atoms with E-state index in [4.69, 9.17) is 5.73 Å². The minimum Gasteiger partial charge on any atom is -0.363 e. The first-order valence-electron chi connectivity index (χ1n) is 5.48. The average Bonchev–Trinajstić information content (AvgIpc) is 2.24. The van der Waals surface area contributed by atoms with Crippen LogP contribution in [0.15, 0.2) is 18.2 Å². The monoisotopic (exact) mass is 246 g/mol. The minimum atomic E-state index is -4.18. The van der Waals surface area contributed by atoms with E-state index in [0.29, 0.717) is 18.8 Å². The SMILES string of the molecule is CCN(CC(F)(F)F)c1ccc(CN)c(C)c1. The number of rotatable bonds is 4. The van der Waals surface area contributed by atoms with E-state index >= 15 is 0 Å². The smallest absolute Gasteiger partial charge is 0.363 e. The standard InChI is InChI=1S/C12H17F3N2/c1-3-17(8-12(13,14)15)11-5-4-10(7-16)9(2)6-11/h4-6H,3,7-8,16H2,1-2H3. The number of hydrogen-bond donors (Lipinski definition) is 1. The largest absolute Gasteiger partial charge is 0.405 e. The summed E-state index contributed by atoms with van der Waals surface area (Å²) in [6, 6.07) is 5.21. The van der Waals surface area contributed by atoms with Crippen molar-refractivity contribution in [2.24, 2.45) is 5.73 Å². The highest BCUT2D eigenvalue weighted by Crippen LogP contribution is 2.23. The Bertz CT molecular complexity index is 375. The first-order valence-corrected chi connectivity index (χ1v) is 5.48. The molecule has 0 aliphatic carbocycles. The maximum Gasteiger partial charge on any atom is 0.405 e. The summed E-state index contributed by atoms with van der Waals surface area (Å²) in [5, 5.41) is 0. The highest BCUT2D eigenvalue weighted by atomic mass is 19.4. The third kappa shape index (κ3) is 3.93. The Hall–Kier alpha value is -1.23. The zero-order valence-electron chi connectivity index (χ0n) is 10.0. The molecule has 2 N–H and O–H groups in total. The molecule has 0 spiro atoms. The summed E-state index contributed by atoms with van der Waals surface area (Å²) in [6.07, 6.45) is -4.18. The summed E-state index contributed by atoms with van der Waals surface area (Å²) in [4.78, 5) is 1.30. The number of hydrogen-bond acceptors (Lipinski definition) is 2. The third-order valence-electron chi connectivity index (χ3n) is 2.66. The van der Waals surface area contributed by atoms with Crippen LogP contribution in [0.3, 0.4) is 0 Å². The van der Waals surface area contributed by atoms with Crippen molar-refractivity contribution in [1.82, 2.24) is 0 Å². The van der Waals surface area contributed by atoms with Gasteiger partial charge in [0.1, 0.15) is 6.54 Å². The Labute approximate surface area is 99.2 Å². The normalized spacial score (nSPS) is 11.6. The summed E-state index contributed by atoms with van der Waals surface area (Å²) >= 11 is 0. The Kier molecular flexibility index (Phi) is 4.40. The molecule has 0 saturated heterocycles. The summed E-state index contributed by atoms with van der Waals surface area (Å²) in [5.41, 5.74) is 7.98. The van der Waals surface area contributed by atoms with Gasteiger partial charge in [-0.1, -0.05) is 6.07 Å². The fourth-order valence-corrected chi connectivity index (χ4v) is 1.71. The van der Waals surface area contributed by atoms with Gasteiger partial charge in [-0.2, -0.15) is 13.2 Å². The van der Waals surface area contributed by atoms with Gasteiger partial charge in [0.15, 0.2) is 0 Å². The number of benzene rings is 1. The van der Waals surface area contributed by atoms with Gasteiger partial charge in [0.05, 0.1) is 0 Å². The lowest BCUT2D eigenvalue weighted by Gasteiger charge is -2.25. The lowest BCUT2D eigenvalue weighted by atomic mass is 10.1. The van der Waals surface area contributed by atoms with Gasteiger partial charge in [-0.15, -0.1) is 0 Å². The van der Waals surface area contributed by atoms with Gasteiger partial charge in [0.25, 0.3) is 0 Å². The van der Waals surface area contributed by atoms with Gasteiger partial charge in [0, 0.05) is 18.8 Å². The molecule has 1 aromatic rings. The highest BCUT2D eigenvalue weighted by molar-refractivity contribution is 5.50. The molecule has 0 saturated carbocycles. The van der Waals surface area contributed by atoms with Crippen LogP contribution in [-0.2, 0) is 6.54 Å². The van der Waals surface area contributed by atoms with E-state index in [9.17, 15) is 13.2 Å². The van der Waals surface area contributed by atoms with Crippen molar-refractivity contribution < 1.29 is 13.2 Å². The van der Waals surface area contributed by atoms with Gasteiger partial charge in [-0.3, -0.25) is 0 Å². The first kappa shape index (κ1) is 13.8. The molecule has 1 aromatic carbocycles. The molecule has 0 atom stereocenters. The van der Waals surface area contributed by atoms with Gasteiger partial charge < -0.3 is 10.6 Å². The van der Waals surface area contributed by atoms with Gasteiger partial charge in [-0.25, -0.2) is 0 Å². The quantitative estimate of drug-likeness (QED) is 0.885. The van der Waals surface area contributed by atoms with Crippen LogP contribution in [0, 0.1) is 6.92 Å². The molecular formula is C12H17F3N2. The fraction of sp³-hybridized carbons (Fsp3) is 0.500. The van der Waals surface area contributed by atoms with Crippen molar-refractivity contribution in [2.45, 2.75) is 26.6 Å². The summed E-state index contributed by atoms with van der Waals surface area (Å²) in [5.74, 6) is 0. The van der Waals surface area contributed by atoms with Crippen molar-refractivity contribution >= 4 is 5.69 Å². The molecule has 0 radical (unpaired) electrons. The van der Waals surface area contributed by atoms with E-state index in [1.807, 2.05) is 6.92 Å². The molecule has 0 amide bonds. The first-order chi connectivity index (χ1) is 7.87. The second kappa shape index (κ2) is 5.40. The number of alkyl halides is 3. The zero-order chi connectivity index (χ0) is 13.1. The number of halogens is 3. The Morgan fingerprint density at radius 3 is 2.35 bits per heavy atom. The van der Waals surface area contributed by atoms with E-state index in [1.165, 1.54) is 4.90 Å². The molecule has 0 aliphatic heterocycles. The number of nitrogens with two attached hydrogens (primary N) is 1. The topological polar surface area (TPSA) is 29.3 Å².